The molecule has 0 aromatic carbocycles. The van der Waals surface area contributed by atoms with E-state index in [0.717, 1.165) is 11.1 Å². The molecule has 1 amide bonds. The second kappa shape index (κ2) is 9.63. The van der Waals surface area contributed by atoms with Crippen molar-refractivity contribution < 1.29 is 9.53 Å². The Labute approximate surface area is 148 Å². The molecule has 0 spiro atoms. The molecule has 8 heteroatoms. The first kappa shape index (κ1) is 20.4. The molecule has 2 aromatic rings. The molecule has 0 saturated carbocycles. The van der Waals surface area contributed by atoms with Crippen LogP contribution in [0.3, 0.4) is 0 Å². The molecule has 2 heterocycles. The second-order valence-electron chi connectivity index (χ2n) is 6.41. The van der Waals surface area contributed by atoms with E-state index in [1.165, 1.54) is 0 Å². The molecule has 2 rings (SSSR count). The summed E-state index contributed by atoms with van der Waals surface area (Å²) < 4.78 is 5.08. The van der Waals surface area contributed by atoms with Crippen molar-refractivity contribution >= 4 is 6.09 Å². The maximum Gasteiger partial charge on any atom is 0.408 e. The number of aromatic nitrogens is 4. The van der Waals surface area contributed by atoms with Crippen LogP contribution in [0.5, 0.6) is 0 Å². The van der Waals surface area contributed by atoms with E-state index in [1.54, 1.807) is 24.8 Å². The number of hydrogen-bond acceptors (Lipinski definition) is 7. The summed E-state index contributed by atoms with van der Waals surface area (Å²) >= 11 is 0. The first-order valence-corrected chi connectivity index (χ1v) is 7.91. The topological polar surface area (TPSA) is 116 Å². The van der Waals surface area contributed by atoms with Gasteiger partial charge in [-0.05, 0) is 45.7 Å². The van der Waals surface area contributed by atoms with Gasteiger partial charge in [-0.1, -0.05) is 0 Å². The van der Waals surface area contributed by atoms with Gasteiger partial charge in [0.1, 0.15) is 17.2 Å². The summed E-state index contributed by atoms with van der Waals surface area (Å²) in [5.41, 5.74) is 6.84. The van der Waals surface area contributed by atoms with Crippen LogP contribution >= 0.6 is 0 Å². The number of nitrogens with zero attached hydrogens (tertiary/aromatic N) is 4. The number of hydrogen-bond donors (Lipinski definition) is 2. The lowest BCUT2D eigenvalue weighted by Gasteiger charge is -2.19. The normalized spacial score (nSPS) is 10.5. The number of carbonyl (C=O) groups excluding carboxylic acids is 1. The van der Waals surface area contributed by atoms with Crippen molar-refractivity contribution in [2.24, 2.45) is 5.73 Å². The molecule has 0 radical (unpaired) electrons. The smallest absolute Gasteiger partial charge is 0.408 e. The van der Waals surface area contributed by atoms with Crippen molar-refractivity contribution in [2.45, 2.75) is 53.3 Å². The van der Waals surface area contributed by atoms with Crippen LogP contribution in [-0.4, -0.2) is 31.6 Å². The number of alkyl carbamates (subject to hydrolysis) is 1. The molecule has 2 aromatic heterocycles. The highest BCUT2D eigenvalue weighted by Gasteiger charge is 2.15. The number of nitrogens with one attached hydrogen (secondary N) is 1. The van der Waals surface area contributed by atoms with Crippen molar-refractivity contribution in [1.29, 1.82) is 0 Å². The van der Waals surface area contributed by atoms with Gasteiger partial charge in [-0.3, -0.25) is 0 Å². The van der Waals surface area contributed by atoms with E-state index in [2.05, 4.69) is 25.3 Å². The largest absolute Gasteiger partial charge is 0.444 e. The summed E-state index contributed by atoms with van der Waals surface area (Å²) in [6.07, 6.45) is 6.47. The molecule has 136 valence electrons. The minimum atomic E-state index is -0.488. The first-order valence-electron chi connectivity index (χ1n) is 7.91. The zero-order chi connectivity index (χ0) is 18.9. The van der Waals surface area contributed by atoms with Crippen LogP contribution in [-0.2, 0) is 17.8 Å². The summed E-state index contributed by atoms with van der Waals surface area (Å²) in [7, 11) is 0. The standard InChI is InChI=1S/C11H17N3O2.C6H9N3/c1-8-5-12-9(13-6-8)7-14-10(15)16-11(2,3)4;1-5-3-8-6(2-7)9-4-5/h5-6H,7H2,1-4H3,(H,14,15);3-4H,2,7H2,1H3. The molecular weight excluding hydrogens is 320 g/mol. The second-order valence-corrected chi connectivity index (χ2v) is 6.41. The van der Waals surface area contributed by atoms with Crippen molar-refractivity contribution in [3.63, 3.8) is 0 Å². The van der Waals surface area contributed by atoms with Gasteiger partial charge in [-0.25, -0.2) is 24.7 Å². The average molecular weight is 346 g/mol. The van der Waals surface area contributed by atoms with E-state index in [9.17, 15) is 4.79 Å². The Morgan fingerprint density at radius 3 is 1.84 bits per heavy atom. The van der Waals surface area contributed by atoms with Crippen LogP contribution in [0.15, 0.2) is 24.8 Å². The number of ether oxygens (including phenoxy) is 1. The number of rotatable bonds is 3. The van der Waals surface area contributed by atoms with Gasteiger partial charge in [0.05, 0.1) is 13.1 Å². The zero-order valence-electron chi connectivity index (χ0n) is 15.4. The van der Waals surface area contributed by atoms with Gasteiger partial charge in [0, 0.05) is 24.8 Å². The number of nitrogens with two attached hydrogens (primary N) is 1. The molecule has 0 aliphatic heterocycles. The molecule has 0 saturated heterocycles. The third-order valence-corrected chi connectivity index (χ3v) is 2.64. The maximum atomic E-state index is 11.3. The zero-order valence-corrected chi connectivity index (χ0v) is 15.4. The fraction of sp³-hybridized carbons (Fsp3) is 0.471. The van der Waals surface area contributed by atoms with E-state index < -0.39 is 11.7 Å². The van der Waals surface area contributed by atoms with E-state index in [0.29, 0.717) is 18.2 Å². The average Bonchev–Trinajstić information content (AvgIpc) is 2.54. The van der Waals surface area contributed by atoms with Gasteiger partial charge in [-0.15, -0.1) is 0 Å². The monoisotopic (exact) mass is 346 g/mol. The lowest BCUT2D eigenvalue weighted by Crippen LogP contribution is -2.32. The molecular formula is C17H26N6O2. The molecule has 0 unspecified atom stereocenters. The van der Waals surface area contributed by atoms with Crippen LogP contribution in [0, 0.1) is 13.8 Å². The summed E-state index contributed by atoms with van der Waals surface area (Å²) in [5.74, 6) is 1.26. The molecule has 0 fully saturated rings. The Balaban J connectivity index is 0.000000293. The molecule has 0 aliphatic carbocycles. The van der Waals surface area contributed by atoms with Crippen molar-refractivity contribution in [2.75, 3.05) is 0 Å². The Kier molecular flexibility index (Phi) is 7.87. The van der Waals surface area contributed by atoms with Crippen LogP contribution in [0.4, 0.5) is 4.79 Å². The molecule has 0 aliphatic rings. The highest BCUT2D eigenvalue weighted by Crippen LogP contribution is 2.06. The Morgan fingerprint density at radius 1 is 1.00 bits per heavy atom. The van der Waals surface area contributed by atoms with E-state index in [4.69, 9.17) is 10.5 Å². The Hall–Kier alpha value is -2.61. The number of carbonyl (C=O) groups is 1. The van der Waals surface area contributed by atoms with Crippen molar-refractivity contribution in [1.82, 2.24) is 25.3 Å². The van der Waals surface area contributed by atoms with Crippen LogP contribution in [0.1, 0.15) is 43.5 Å². The maximum absolute atomic E-state index is 11.3. The van der Waals surface area contributed by atoms with Gasteiger partial charge in [-0.2, -0.15) is 0 Å². The Bertz CT molecular complexity index is 650. The number of amides is 1. The fourth-order valence-corrected chi connectivity index (χ4v) is 1.50. The van der Waals surface area contributed by atoms with Crippen LogP contribution in [0.25, 0.3) is 0 Å². The third-order valence-electron chi connectivity index (χ3n) is 2.64. The summed E-state index contributed by atoms with van der Waals surface area (Å²) in [6, 6.07) is 0. The highest BCUT2D eigenvalue weighted by atomic mass is 16.6. The van der Waals surface area contributed by atoms with Gasteiger partial charge in [0.2, 0.25) is 0 Å². The first-order chi connectivity index (χ1) is 11.7. The molecule has 0 atom stereocenters. The van der Waals surface area contributed by atoms with Gasteiger partial charge in [0.15, 0.2) is 0 Å². The molecule has 0 bridgehead atoms. The molecule has 25 heavy (non-hydrogen) atoms. The highest BCUT2D eigenvalue weighted by molar-refractivity contribution is 5.67. The minimum absolute atomic E-state index is 0.273. The summed E-state index contributed by atoms with van der Waals surface area (Å²) in [5, 5.41) is 2.59. The van der Waals surface area contributed by atoms with E-state index in [1.807, 2.05) is 34.6 Å². The predicted molar refractivity (Wildman–Crippen MR) is 94.5 cm³/mol. The number of aryl methyl sites for hydroxylation is 2. The molecule has 8 nitrogen and oxygen atoms in total. The van der Waals surface area contributed by atoms with Gasteiger partial charge >= 0.3 is 6.09 Å². The lowest BCUT2D eigenvalue weighted by molar-refractivity contribution is 0.0522. The van der Waals surface area contributed by atoms with Crippen molar-refractivity contribution in [3.8, 4) is 0 Å². The van der Waals surface area contributed by atoms with E-state index >= 15 is 0 Å². The summed E-state index contributed by atoms with van der Waals surface area (Å²) in [6.45, 7) is 9.99. The van der Waals surface area contributed by atoms with Crippen LogP contribution in [0.2, 0.25) is 0 Å². The fourth-order valence-electron chi connectivity index (χ4n) is 1.50. The van der Waals surface area contributed by atoms with E-state index in [-0.39, 0.29) is 6.54 Å². The molecule has 3 N–H and O–H groups in total. The third kappa shape index (κ3) is 9.31. The lowest BCUT2D eigenvalue weighted by atomic mass is 10.2. The SMILES string of the molecule is Cc1cnc(CN)nc1.Cc1cnc(CNC(=O)OC(C)(C)C)nc1. The van der Waals surface area contributed by atoms with Crippen molar-refractivity contribution in [3.05, 3.63) is 47.6 Å². The Morgan fingerprint density at radius 2 is 1.44 bits per heavy atom. The van der Waals surface area contributed by atoms with Crippen LogP contribution < -0.4 is 11.1 Å². The predicted octanol–water partition coefficient (Wildman–Crippen LogP) is 2.05. The van der Waals surface area contributed by atoms with Gasteiger partial charge < -0.3 is 15.8 Å². The minimum Gasteiger partial charge on any atom is -0.444 e. The quantitative estimate of drug-likeness (QED) is 0.873. The van der Waals surface area contributed by atoms with Gasteiger partial charge in [0.25, 0.3) is 0 Å². The summed E-state index contributed by atoms with van der Waals surface area (Å²) in [4.78, 5) is 27.4.